The molecule has 1 aliphatic rings. The predicted molar refractivity (Wildman–Crippen MR) is 123 cm³/mol. The first-order valence-corrected chi connectivity index (χ1v) is 9.93. The fourth-order valence-corrected chi connectivity index (χ4v) is 4.68. The van der Waals surface area contributed by atoms with Crippen LogP contribution in [0.1, 0.15) is 28.7 Å². The minimum atomic E-state index is 0. The molecule has 4 aromatic rings. The standard InChI is InChI=1S/C27H22B.2ClH.Zr/c1-17-12-18(2)25(19(3)13-17)26-24-11-7-6-10-21(24)14-22-15-23(16-28-27(22)26)20-8-4-5-9-20;;;/h4-8,10-15H,9H2,1-3H3;2*1H;/q-1;;;+3/p-2. The van der Waals surface area contributed by atoms with Gasteiger partial charge >= 0.3 is 193 Å². The number of rotatable bonds is 2. The molecule has 3 aromatic carbocycles. The van der Waals surface area contributed by atoms with Crippen LogP contribution in [0.25, 0.3) is 38.1 Å². The third kappa shape index (κ3) is 4.68. The molecule has 0 aliphatic heterocycles. The van der Waals surface area contributed by atoms with Gasteiger partial charge in [0.15, 0.2) is 0 Å². The molecule has 1 radical (unpaired) electrons. The van der Waals surface area contributed by atoms with Crippen LogP contribution in [-0.2, 0) is 26.2 Å². The van der Waals surface area contributed by atoms with E-state index in [1.54, 1.807) is 0 Å². The van der Waals surface area contributed by atoms with E-state index in [9.17, 15) is 0 Å². The molecular formula is C27H22BCl2Zr. The molecule has 1 heterocycles. The van der Waals surface area contributed by atoms with Crippen molar-refractivity contribution in [3.8, 4) is 11.1 Å². The van der Waals surface area contributed by atoms with Crippen molar-refractivity contribution in [1.82, 2.24) is 0 Å². The summed E-state index contributed by atoms with van der Waals surface area (Å²) in [4.78, 5) is 0. The maximum Gasteiger partial charge on any atom is 3.00 e. The maximum atomic E-state index is 3.57. The van der Waals surface area contributed by atoms with Crippen molar-refractivity contribution in [2.45, 2.75) is 27.2 Å². The first-order chi connectivity index (χ1) is 13.6. The van der Waals surface area contributed by atoms with Gasteiger partial charge < -0.3 is 24.8 Å². The van der Waals surface area contributed by atoms with E-state index >= 15 is 0 Å². The quantitative estimate of drug-likeness (QED) is 0.275. The molecule has 0 N–H and O–H groups in total. The molecule has 0 spiro atoms. The van der Waals surface area contributed by atoms with Gasteiger partial charge in [-0.05, 0) is 0 Å². The average molecular weight is 519 g/mol. The van der Waals surface area contributed by atoms with Crippen LogP contribution in [0.4, 0.5) is 0 Å². The minimum absolute atomic E-state index is 0. The van der Waals surface area contributed by atoms with Crippen molar-refractivity contribution in [3.63, 3.8) is 0 Å². The molecule has 5 rings (SSSR count). The van der Waals surface area contributed by atoms with E-state index in [1.165, 1.54) is 60.4 Å². The summed E-state index contributed by atoms with van der Waals surface area (Å²) < 4.78 is 0. The Morgan fingerprint density at radius 1 is 0.839 bits per heavy atom. The number of hydrogen-bond acceptors (Lipinski definition) is 0. The van der Waals surface area contributed by atoms with E-state index in [1.807, 2.05) is 0 Å². The van der Waals surface area contributed by atoms with Gasteiger partial charge in [0.1, 0.15) is 0 Å². The Kier molecular flexibility index (Phi) is 8.68. The third-order valence-electron chi connectivity index (χ3n) is 5.84. The largest absolute Gasteiger partial charge is 3.00 e. The second-order valence-electron chi connectivity index (χ2n) is 7.92. The number of hydrogen-bond donors (Lipinski definition) is 0. The van der Waals surface area contributed by atoms with Gasteiger partial charge in [0.2, 0.25) is 0 Å². The Balaban J connectivity index is 0.00000114. The zero-order valence-electron chi connectivity index (χ0n) is 17.9. The van der Waals surface area contributed by atoms with Crippen molar-refractivity contribution in [2.24, 2.45) is 0 Å². The Morgan fingerprint density at radius 2 is 1.55 bits per heavy atom. The summed E-state index contributed by atoms with van der Waals surface area (Å²) in [5, 5.41) is 5.17. The average Bonchev–Trinajstić information content (AvgIpc) is 3.21. The zero-order valence-corrected chi connectivity index (χ0v) is 21.9. The van der Waals surface area contributed by atoms with Gasteiger partial charge in [-0.25, -0.2) is 0 Å². The second-order valence-corrected chi connectivity index (χ2v) is 7.92. The molecule has 31 heavy (non-hydrogen) atoms. The van der Waals surface area contributed by atoms with Crippen LogP contribution in [0.5, 0.6) is 0 Å². The van der Waals surface area contributed by atoms with Gasteiger partial charge in [0, 0.05) is 0 Å². The summed E-state index contributed by atoms with van der Waals surface area (Å²) >= 11 is 0. The van der Waals surface area contributed by atoms with Gasteiger partial charge in [0.05, 0.1) is 0 Å². The monoisotopic (exact) mass is 517 g/mol. The van der Waals surface area contributed by atoms with Crippen molar-refractivity contribution >= 4 is 33.9 Å². The van der Waals surface area contributed by atoms with Crippen molar-refractivity contribution in [2.75, 3.05) is 0 Å². The van der Waals surface area contributed by atoms with Crippen LogP contribution in [-0.4, -0.2) is 6.91 Å². The summed E-state index contributed by atoms with van der Waals surface area (Å²) in [6.07, 6.45) is 7.54. The fourth-order valence-electron chi connectivity index (χ4n) is 4.68. The molecule has 1 aliphatic carbocycles. The molecule has 0 atom stereocenters. The summed E-state index contributed by atoms with van der Waals surface area (Å²) in [6.45, 7) is 8.84. The normalized spacial score (nSPS) is 12.0. The zero-order chi connectivity index (χ0) is 19.3. The summed E-state index contributed by atoms with van der Waals surface area (Å²) in [7, 11) is 0. The summed E-state index contributed by atoms with van der Waals surface area (Å²) in [5.41, 5.74) is 9.23. The van der Waals surface area contributed by atoms with E-state index in [4.69, 9.17) is 0 Å². The molecule has 0 saturated carbocycles. The molecule has 0 amide bonds. The van der Waals surface area contributed by atoms with E-state index < -0.39 is 0 Å². The van der Waals surface area contributed by atoms with E-state index in [0.29, 0.717) is 0 Å². The molecule has 0 bridgehead atoms. The van der Waals surface area contributed by atoms with Gasteiger partial charge in [-0.1, -0.05) is 0 Å². The smallest absolute Gasteiger partial charge is 1.00 e. The minimum Gasteiger partial charge on any atom is -1.00 e. The van der Waals surface area contributed by atoms with Crippen molar-refractivity contribution < 1.29 is 51.0 Å². The first-order valence-electron chi connectivity index (χ1n) is 9.93. The Hall–Kier alpha value is -1.46. The molecule has 4 heteroatoms. The van der Waals surface area contributed by atoms with Crippen LogP contribution in [0, 0.1) is 26.7 Å². The van der Waals surface area contributed by atoms with Gasteiger partial charge in [0.25, 0.3) is 0 Å². The van der Waals surface area contributed by atoms with Crippen LogP contribution >= 0.6 is 0 Å². The Labute approximate surface area is 217 Å². The number of benzene rings is 3. The Morgan fingerprint density at radius 3 is 2.23 bits per heavy atom. The van der Waals surface area contributed by atoms with E-state index in [0.717, 1.165) is 6.42 Å². The first kappa shape index (κ1) is 25.8. The van der Waals surface area contributed by atoms with Crippen molar-refractivity contribution in [1.29, 1.82) is 0 Å². The SMILES string of the molecule is Cc1cc(C)c(-c2c3b[c-]c(C4=CC=CC4)cc3cc3ccccc23)c(C)c1.[Cl-].[Cl-].[Zr+3]. The van der Waals surface area contributed by atoms with Gasteiger partial charge in [-0.3, -0.25) is 0 Å². The molecule has 0 unspecified atom stereocenters. The van der Waals surface area contributed by atoms with Crippen LogP contribution in [0.15, 0.2) is 66.8 Å². The van der Waals surface area contributed by atoms with Crippen molar-refractivity contribution in [3.05, 3.63) is 95.0 Å². The number of halogens is 2. The second kappa shape index (κ2) is 10.4. The summed E-state index contributed by atoms with van der Waals surface area (Å²) in [6, 6.07) is 18.0. The Bertz CT molecular complexity index is 1300. The molecule has 151 valence electrons. The van der Waals surface area contributed by atoms with Crippen LogP contribution < -0.4 is 24.8 Å². The van der Waals surface area contributed by atoms with E-state index in [2.05, 4.69) is 100 Å². The van der Waals surface area contributed by atoms with Crippen LogP contribution in [0.2, 0.25) is 0 Å². The van der Waals surface area contributed by atoms with E-state index in [-0.39, 0.29) is 51.0 Å². The van der Waals surface area contributed by atoms with Gasteiger partial charge in [-0.15, -0.1) is 0 Å². The molecule has 1 aromatic heterocycles. The fraction of sp³-hybridized carbons (Fsp3) is 0.148. The molecule has 0 saturated heterocycles. The number of fused-ring (bicyclic) bond motifs is 2. The summed E-state index contributed by atoms with van der Waals surface area (Å²) in [5.74, 6) is 3.57. The third-order valence-corrected chi connectivity index (χ3v) is 5.84. The number of allylic oxidation sites excluding steroid dienone is 4. The molecular weight excluding hydrogens is 497 g/mol. The number of aryl methyl sites for hydroxylation is 3. The molecule has 0 fully saturated rings. The van der Waals surface area contributed by atoms with Crippen LogP contribution in [0.3, 0.4) is 0 Å². The van der Waals surface area contributed by atoms with Gasteiger partial charge in [-0.2, -0.15) is 0 Å². The maximum absolute atomic E-state index is 3.57. The predicted octanol–water partition coefficient (Wildman–Crippen LogP) is 1.07. The molecule has 0 nitrogen and oxygen atoms in total. The topological polar surface area (TPSA) is 0 Å².